The summed E-state index contributed by atoms with van der Waals surface area (Å²) in [5.41, 5.74) is 3.92. The molecule has 0 aromatic heterocycles. The maximum Gasteiger partial charge on any atom is 0.255 e. The number of nitrogens with zero attached hydrogens (tertiary/aromatic N) is 1. The molecule has 0 bridgehead atoms. The molecule has 2 amide bonds. The maximum atomic E-state index is 13.5. The standard InChI is InChI=1S/C26H26N2O2S/c1-19-12-14-21(15-13-19)25(30)28-23(18-31-26(28)22-10-6-3-7-11-22)24(29)27-17-16-20-8-4-2-5-9-20/h2-15,23,26H,16-18H2,1H3,(H,27,29). The van der Waals surface area contributed by atoms with Crippen molar-refractivity contribution in [2.24, 2.45) is 0 Å². The van der Waals surface area contributed by atoms with Crippen LogP contribution in [0.2, 0.25) is 0 Å². The zero-order valence-electron chi connectivity index (χ0n) is 17.5. The fraction of sp³-hybridized carbons (Fsp3) is 0.231. The highest BCUT2D eigenvalue weighted by Crippen LogP contribution is 2.42. The Morgan fingerprint density at radius 2 is 1.58 bits per heavy atom. The van der Waals surface area contributed by atoms with E-state index in [2.05, 4.69) is 17.4 Å². The summed E-state index contributed by atoms with van der Waals surface area (Å²) in [6, 6.07) is 27.1. The second kappa shape index (κ2) is 9.84. The van der Waals surface area contributed by atoms with E-state index in [0.717, 1.165) is 17.5 Å². The molecule has 2 atom stereocenters. The molecule has 31 heavy (non-hydrogen) atoms. The van der Waals surface area contributed by atoms with Crippen LogP contribution in [0.1, 0.15) is 32.4 Å². The second-order valence-electron chi connectivity index (χ2n) is 7.72. The van der Waals surface area contributed by atoms with Gasteiger partial charge >= 0.3 is 0 Å². The molecular formula is C26H26N2O2S. The molecule has 0 saturated carbocycles. The van der Waals surface area contributed by atoms with Gasteiger partial charge in [0, 0.05) is 17.9 Å². The Hall–Kier alpha value is -3.05. The van der Waals surface area contributed by atoms with E-state index in [4.69, 9.17) is 0 Å². The molecule has 5 heteroatoms. The van der Waals surface area contributed by atoms with Gasteiger partial charge in [-0.05, 0) is 36.6 Å². The Bertz CT molecular complexity index is 1020. The molecule has 1 aliphatic heterocycles. The smallest absolute Gasteiger partial charge is 0.255 e. The summed E-state index contributed by atoms with van der Waals surface area (Å²) in [5, 5.41) is 2.86. The normalized spacial score (nSPS) is 18.0. The van der Waals surface area contributed by atoms with E-state index < -0.39 is 6.04 Å². The van der Waals surface area contributed by atoms with Crippen LogP contribution in [0, 0.1) is 6.92 Å². The van der Waals surface area contributed by atoms with Gasteiger partial charge in [0.2, 0.25) is 5.91 Å². The van der Waals surface area contributed by atoms with Gasteiger partial charge in [-0.15, -0.1) is 11.8 Å². The molecule has 3 aromatic carbocycles. The van der Waals surface area contributed by atoms with Crippen molar-refractivity contribution in [3.8, 4) is 0 Å². The number of carbonyl (C=O) groups is 2. The van der Waals surface area contributed by atoms with Crippen molar-refractivity contribution in [1.82, 2.24) is 10.2 Å². The summed E-state index contributed by atoms with van der Waals surface area (Å²) in [7, 11) is 0. The average Bonchev–Trinajstić information content (AvgIpc) is 3.26. The van der Waals surface area contributed by atoms with E-state index in [9.17, 15) is 9.59 Å². The first kappa shape index (κ1) is 21.2. The number of benzene rings is 3. The SMILES string of the molecule is Cc1ccc(C(=O)N2C(C(=O)NCCc3ccccc3)CSC2c2ccccc2)cc1. The molecular weight excluding hydrogens is 404 g/mol. The van der Waals surface area contributed by atoms with E-state index in [0.29, 0.717) is 17.9 Å². The summed E-state index contributed by atoms with van der Waals surface area (Å²) >= 11 is 1.64. The van der Waals surface area contributed by atoms with Crippen molar-refractivity contribution in [2.75, 3.05) is 12.3 Å². The lowest BCUT2D eigenvalue weighted by Crippen LogP contribution is -2.48. The Morgan fingerprint density at radius 1 is 0.935 bits per heavy atom. The highest BCUT2D eigenvalue weighted by atomic mass is 32.2. The Kier molecular flexibility index (Phi) is 6.73. The van der Waals surface area contributed by atoms with Gasteiger partial charge in [-0.2, -0.15) is 0 Å². The second-order valence-corrected chi connectivity index (χ2v) is 8.83. The van der Waals surface area contributed by atoms with E-state index >= 15 is 0 Å². The minimum Gasteiger partial charge on any atom is -0.354 e. The number of aryl methyl sites for hydroxylation is 1. The van der Waals surface area contributed by atoms with Crippen molar-refractivity contribution >= 4 is 23.6 Å². The summed E-state index contributed by atoms with van der Waals surface area (Å²) in [6.45, 7) is 2.54. The third-order valence-corrected chi connectivity index (χ3v) is 6.80. The van der Waals surface area contributed by atoms with E-state index in [-0.39, 0.29) is 17.2 Å². The number of hydrogen-bond acceptors (Lipinski definition) is 3. The molecule has 0 aliphatic carbocycles. The van der Waals surface area contributed by atoms with E-state index in [1.165, 1.54) is 5.56 Å². The molecule has 158 valence electrons. The fourth-order valence-electron chi connectivity index (χ4n) is 3.77. The van der Waals surface area contributed by atoms with Gasteiger partial charge in [0.25, 0.3) is 5.91 Å². The monoisotopic (exact) mass is 430 g/mol. The van der Waals surface area contributed by atoms with Gasteiger partial charge in [-0.1, -0.05) is 78.4 Å². The molecule has 4 nitrogen and oxygen atoms in total. The van der Waals surface area contributed by atoms with Crippen LogP contribution >= 0.6 is 11.8 Å². The van der Waals surface area contributed by atoms with Crippen LogP contribution < -0.4 is 5.32 Å². The zero-order valence-corrected chi connectivity index (χ0v) is 18.3. The lowest BCUT2D eigenvalue weighted by Gasteiger charge is -2.29. The van der Waals surface area contributed by atoms with Gasteiger partial charge in [-0.3, -0.25) is 9.59 Å². The molecule has 1 aliphatic rings. The van der Waals surface area contributed by atoms with E-state index in [1.54, 1.807) is 16.7 Å². The van der Waals surface area contributed by atoms with Crippen molar-refractivity contribution in [2.45, 2.75) is 24.8 Å². The van der Waals surface area contributed by atoms with Crippen LogP contribution in [0.3, 0.4) is 0 Å². The molecule has 1 N–H and O–H groups in total. The predicted octanol–water partition coefficient (Wildman–Crippen LogP) is 4.61. The Labute approximate surface area is 187 Å². The molecule has 2 unspecified atom stereocenters. The van der Waals surface area contributed by atoms with Crippen LogP contribution in [0.4, 0.5) is 0 Å². The van der Waals surface area contributed by atoms with Crippen LogP contribution in [-0.2, 0) is 11.2 Å². The minimum absolute atomic E-state index is 0.0951. The van der Waals surface area contributed by atoms with E-state index in [1.807, 2.05) is 79.7 Å². The quantitative estimate of drug-likeness (QED) is 0.621. The van der Waals surface area contributed by atoms with Crippen molar-refractivity contribution in [1.29, 1.82) is 0 Å². The molecule has 4 rings (SSSR count). The van der Waals surface area contributed by atoms with Gasteiger partial charge in [-0.25, -0.2) is 0 Å². The molecule has 1 saturated heterocycles. The molecule has 1 fully saturated rings. The van der Waals surface area contributed by atoms with Gasteiger partial charge in [0.1, 0.15) is 11.4 Å². The zero-order chi connectivity index (χ0) is 21.6. The molecule has 1 heterocycles. The van der Waals surface area contributed by atoms with Crippen LogP contribution in [0.15, 0.2) is 84.9 Å². The third kappa shape index (κ3) is 5.00. The average molecular weight is 431 g/mol. The van der Waals surface area contributed by atoms with Crippen molar-refractivity contribution < 1.29 is 9.59 Å². The summed E-state index contributed by atoms with van der Waals surface area (Å²) in [6.07, 6.45) is 0.764. The largest absolute Gasteiger partial charge is 0.354 e. The first-order chi connectivity index (χ1) is 15.1. The van der Waals surface area contributed by atoms with Crippen molar-refractivity contribution in [3.05, 3.63) is 107 Å². The van der Waals surface area contributed by atoms with Gasteiger partial charge < -0.3 is 10.2 Å². The fourth-order valence-corrected chi connectivity index (χ4v) is 5.20. The summed E-state index contributed by atoms with van der Waals surface area (Å²) < 4.78 is 0. The summed E-state index contributed by atoms with van der Waals surface area (Å²) in [5.74, 6) is 0.373. The first-order valence-electron chi connectivity index (χ1n) is 10.5. The lowest BCUT2D eigenvalue weighted by atomic mass is 10.1. The van der Waals surface area contributed by atoms with Crippen LogP contribution in [0.25, 0.3) is 0 Å². The molecule has 0 spiro atoms. The highest BCUT2D eigenvalue weighted by Gasteiger charge is 2.42. The predicted molar refractivity (Wildman–Crippen MR) is 126 cm³/mol. The molecule has 0 radical (unpaired) electrons. The number of hydrogen-bond donors (Lipinski definition) is 1. The third-order valence-electron chi connectivity index (χ3n) is 5.48. The first-order valence-corrected chi connectivity index (χ1v) is 11.6. The van der Waals surface area contributed by atoms with Gasteiger partial charge in [0.15, 0.2) is 0 Å². The number of thioether (sulfide) groups is 1. The minimum atomic E-state index is -0.500. The number of amides is 2. The Balaban J connectivity index is 1.52. The summed E-state index contributed by atoms with van der Waals surface area (Å²) in [4.78, 5) is 28.3. The van der Waals surface area contributed by atoms with Crippen molar-refractivity contribution in [3.63, 3.8) is 0 Å². The number of rotatable bonds is 6. The van der Waals surface area contributed by atoms with Crippen LogP contribution in [0.5, 0.6) is 0 Å². The topological polar surface area (TPSA) is 49.4 Å². The number of carbonyl (C=O) groups excluding carboxylic acids is 2. The maximum absolute atomic E-state index is 13.5. The lowest BCUT2D eigenvalue weighted by molar-refractivity contribution is -0.124. The van der Waals surface area contributed by atoms with Gasteiger partial charge in [0.05, 0.1) is 0 Å². The van der Waals surface area contributed by atoms with Crippen LogP contribution in [-0.4, -0.2) is 35.1 Å². The highest BCUT2D eigenvalue weighted by molar-refractivity contribution is 7.99. The molecule has 3 aromatic rings. The Morgan fingerprint density at radius 3 is 2.26 bits per heavy atom. The number of nitrogens with one attached hydrogen (secondary N) is 1.